The molecule has 2 aromatic rings. The highest BCUT2D eigenvalue weighted by molar-refractivity contribution is 6.38. The molecule has 1 fully saturated rings. The van der Waals surface area contributed by atoms with E-state index >= 15 is 0 Å². The number of hydrogen-bond acceptors (Lipinski definition) is 8. The Hall–Kier alpha value is -5.11. The van der Waals surface area contributed by atoms with E-state index in [0.29, 0.717) is 36.9 Å². The maximum Gasteiger partial charge on any atom is 0.290 e. The van der Waals surface area contributed by atoms with E-state index in [9.17, 15) is 33.6 Å². The second-order valence-electron chi connectivity index (χ2n) is 13.9. The number of nitrogens with zero attached hydrogens (tertiary/aromatic N) is 2. The lowest BCUT2D eigenvalue weighted by atomic mass is 9.93. The molecule has 0 bridgehead atoms. The third-order valence-electron chi connectivity index (χ3n) is 9.51. The van der Waals surface area contributed by atoms with E-state index in [-0.39, 0.29) is 31.4 Å². The van der Waals surface area contributed by atoms with Crippen molar-refractivity contribution in [2.24, 2.45) is 0 Å². The van der Waals surface area contributed by atoms with Crippen molar-refractivity contribution < 1.29 is 38.7 Å². The molecular weight excluding hydrogens is 692 g/mol. The van der Waals surface area contributed by atoms with E-state index in [1.807, 2.05) is 18.2 Å². The van der Waals surface area contributed by atoms with E-state index in [1.54, 1.807) is 57.4 Å². The van der Waals surface area contributed by atoms with Gasteiger partial charge in [0.1, 0.15) is 12.1 Å². The van der Waals surface area contributed by atoms with Gasteiger partial charge in [0.05, 0.1) is 19.1 Å². The van der Waals surface area contributed by atoms with Crippen LogP contribution in [0.5, 0.6) is 0 Å². The average Bonchev–Trinajstić information content (AvgIpc) is 3.68. The minimum Gasteiger partial charge on any atom is -0.396 e. The number of ketones is 1. The molecule has 4 unspecified atom stereocenters. The van der Waals surface area contributed by atoms with Gasteiger partial charge in [-0.25, -0.2) is 0 Å². The smallest absolute Gasteiger partial charge is 0.290 e. The van der Waals surface area contributed by atoms with Crippen LogP contribution in [0.3, 0.4) is 0 Å². The van der Waals surface area contributed by atoms with Gasteiger partial charge in [-0.05, 0) is 61.3 Å². The third kappa shape index (κ3) is 13.1. The molecule has 14 nitrogen and oxygen atoms in total. The number of rotatable bonds is 21. The molecule has 0 spiro atoms. The highest BCUT2D eigenvalue weighted by atomic mass is 16.3. The number of carbonyl (C=O) groups excluding carboxylic acids is 7. The van der Waals surface area contributed by atoms with Gasteiger partial charge in [0.25, 0.3) is 11.8 Å². The predicted octanol–water partition coefficient (Wildman–Crippen LogP) is 2.37. The summed E-state index contributed by atoms with van der Waals surface area (Å²) in [5.74, 6) is -4.28. The number of aliphatic hydroxyl groups excluding tert-OH is 1. The maximum atomic E-state index is 13.4. The summed E-state index contributed by atoms with van der Waals surface area (Å²) in [6.45, 7) is 3.49. The minimum absolute atomic E-state index is 0.149. The van der Waals surface area contributed by atoms with Crippen molar-refractivity contribution in [1.82, 2.24) is 31.1 Å². The van der Waals surface area contributed by atoms with E-state index in [2.05, 4.69) is 28.2 Å². The number of carbonyl (C=O) groups is 7. The second-order valence-corrected chi connectivity index (χ2v) is 13.9. The largest absolute Gasteiger partial charge is 0.396 e. The van der Waals surface area contributed by atoms with Crippen LogP contribution in [0.1, 0.15) is 105 Å². The Bertz CT molecular complexity index is 1600. The van der Waals surface area contributed by atoms with Crippen molar-refractivity contribution in [1.29, 1.82) is 0 Å². The summed E-state index contributed by atoms with van der Waals surface area (Å²) in [5, 5.41) is 19.2. The van der Waals surface area contributed by atoms with Crippen LogP contribution in [0.15, 0.2) is 54.6 Å². The van der Waals surface area contributed by atoms with Crippen molar-refractivity contribution in [3.05, 3.63) is 71.3 Å². The van der Waals surface area contributed by atoms with Gasteiger partial charge in [0.2, 0.25) is 29.4 Å². The molecule has 1 saturated heterocycles. The number of benzene rings is 2. The Labute approximate surface area is 317 Å². The number of likely N-dealkylation sites (N-methyl/N-ethyl adjacent to an activating group) is 1. The zero-order chi connectivity index (χ0) is 39.6. The number of amides is 6. The number of Topliss-reactive ketones (excluding diaryl/α,β-unsaturated/α-hetero) is 1. The molecule has 0 radical (unpaired) electrons. The summed E-state index contributed by atoms with van der Waals surface area (Å²) >= 11 is 0. The highest BCUT2D eigenvalue weighted by Gasteiger charge is 2.37. The summed E-state index contributed by atoms with van der Waals surface area (Å²) in [6, 6.07) is 12.8. The molecule has 1 aliphatic rings. The molecule has 6 amide bonds. The van der Waals surface area contributed by atoms with Crippen LogP contribution in [0, 0.1) is 0 Å². The first-order valence-electron chi connectivity index (χ1n) is 18.8. The van der Waals surface area contributed by atoms with Gasteiger partial charge in [-0.15, -0.1) is 0 Å². The number of aliphatic hydroxyl groups is 1. The summed E-state index contributed by atoms with van der Waals surface area (Å²) < 4.78 is 0. The molecule has 14 heteroatoms. The second kappa shape index (κ2) is 22.2. The van der Waals surface area contributed by atoms with Crippen molar-refractivity contribution in [3.63, 3.8) is 0 Å². The lowest BCUT2D eigenvalue weighted by Gasteiger charge is -2.26. The lowest BCUT2D eigenvalue weighted by molar-refractivity contribution is -0.142. The minimum atomic E-state index is -1.19. The fourth-order valence-electron chi connectivity index (χ4n) is 6.40. The Morgan fingerprint density at radius 3 is 2.24 bits per heavy atom. The van der Waals surface area contributed by atoms with E-state index < -0.39 is 60.0 Å². The molecule has 1 heterocycles. The number of nitrogens with one attached hydrogen (secondary N) is 4. The quantitative estimate of drug-likeness (QED) is 0.0949. The summed E-state index contributed by atoms with van der Waals surface area (Å²) in [5.41, 5.74) is 2.00. The van der Waals surface area contributed by atoms with Crippen LogP contribution in [-0.4, -0.2) is 109 Å². The van der Waals surface area contributed by atoms with Crippen LogP contribution in [-0.2, 0) is 28.8 Å². The van der Waals surface area contributed by atoms with Crippen LogP contribution in [0.4, 0.5) is 0 Å². The fraction of sp³-hybridized carbons (Fsp3) is 0.525. The van der Waals surface area contributed by atoms with Crippen LogP contribution in [0.2, 0.25) is 0 Å². The monoisotopic (exact) mass is 748 g/mol. The molecule has 2 aromatic carbocycles. The Morgan fingerprint density at radius 2 is 1.56 bits per heavy atom. The fourth-order valence-corrected chi connectivity index (χ4v) is 6.40. The summed E-state index contributed by atoms with van der Waals surface area (Å²) in [7, 11) is 3.11. The van der Waals surface area contributed by atoms with Crippen LogP contribution < -0.4 is 21.3 Å². The zero-order valence-electron chi connectivity index (χ0n) is 31.9. The van der Waals surface area contributed by atoms with Crippen LogP contribution in [0.25, 0.3) is 0 Å². The molecule has 0 aromatic heterocycles. The molecule has 54 heavy (non-hydrogen) atoms. The first-order chi connectivity index (χ1) is 25.9. The van der Waals surface area contributed by atoms with Gasteiger partial charge in [-0.2, -0.15) is 0 Å². The Kier molecular flexibility index (Phi) is 17.8. The Balaban J connectivity index is 1.53. The van der Waals surface area contributed by atoms with Crippen molar-refractivity contribution in [3.8, 4) is 0 Å². The number of likely N-dealkylation sites (tertiary alicyclic amines) is 1. The van der Waals surface area contributed by atoms with Gasteiger partial charge < -0.3 is 36.2 Å². The topological polar surface area (TPSA) is 194 Å². The molecule has 3 rings (SSSR count). The molecule has 294 valence electrons. The van der Waals surface area contributed by atoms with Gasteiger partial charge in [-0.3, -0.25) is 33.6 Å². The lowest BCUT2D eigenvalue weighted by Crippen LogP contribution is -2.54. The first-order valence-corrected chi connectivity index (χ1v) is 18.8. The summed E-state index contributed by atoms with van der Waals surface area (Å²) in [6.07, 6.45) is 6.28. The van der Waals surface area contributed by atoms with Crippen molar-refractivity contribution >= 4 is 41.2 Å². The third-order valence-corrected chi connectivity index (χ3v) is 9.51. The zero-order valence-corrected chi connectivity index (χ0v) is 31.9. The first kappa shape index (κ1) is 43.3. The molecular formula is C40H56N6O8. The van der Waals surface area contributed by atoms with Gasteiger partial charge in [0, 0.05) is 32.8 Å². The molecule has 4 atom stereocenters. The summed E-state index contributed by atoms with van der Waals surface area (Å²) in [4.78, 5) is 93.9. The number of unbranched alkanes of at least 4 members (excludes halogenated alkanes) is 3. The van der Waals surface area contributed by atoms with E-state index in [1.165, 1.54) is 9.80 Å². The van der Waals surface area contributed by atoms with Crippen LogP contribution >= 0.6 is 0 Å². The standard InChI is InChI=1S/C40H56N6O8/c1-5-15-31(36(50)39(53)41-25-33(48)44-35(40(54)45(3)4)28-17-10-8-11-18-28)43-38(52)32-21-14-22-46(32)34(49)26-42-37(51)30-20-13-19-29(24-30)27(2)16-9-6-7-12-23-47/h8,10-11,13,17-20,24,27,31-32,35,47H,5-7,9,12,14-16,21-23,25-26H2,1-4H3,(H,41,53)(H,42,51)(H,43,52)(H,44,48). The van der Waals surface area contributed by atoms with E-state index in [4.69, 9.17) is 5.11 Å². The molecule has 5 N–H and O–H groups in total. The molecule has 0 saturated carbocycles. The molecule has 0 aliphatic carbocycles. The average molecular weight is 749 g/mol. The predicted molar refractivity (Wildman–Crippen MR) is 203 cm³/mol. The maximum absolute atomic E-state index is 13.4. The molecule has 1 aliphatic heterocycles. The van der Waals surface area contributed by atoms with Gasteiger partial charge >= 0.3 is 0 Å². The van der Waals surface area contributed by atoms with Crippen molar-refractivity contribution in [2.75, 3.05) is 40.3 Å². The Morgan fingerprint density at radius 1 is 0.852 bits per heavy atom. The highest BCUT2D eigenvalue weighted by Crippen LogP contribution is 2.23. The SMILES string of the molecule is CCCC(NC(=O)C1CCCN1C(=O)CNC(=O)c1cccc(C(C)CCCCCCO)c1)C(=O)C(=O)NCC(=O)NC(C(=O)N(C)C)c1ccccc1. The normalized spacial score (nSPS) is 15.4. The van der Waals surface area contributed by atoms with Gasteiger partial charge in [-0.1, -0.05) is 82.0 Å². The van der Waals surface area contributed by atoms with Crippen molar-refractivity contribution in [2.45, 2.75) is 95.7 Å². The van der Waals surface area contributed by atoms with Gasteiger partial charge in [0.15, 0.2) is 0 Å². The van der Waals surface area contributed by atoms with E-state index in [0.717, 1.165) is 37.7 Å². The number of hydrogen-bond donors (Lipinski definition) is 5.